The van der Waals surface area contributed by atoms with Gasteiger partial charge in [0.05, 0.1) is 39.5 Å². The number of thiol groups is 1. The molecule has 0 radical (unpaired) electrons. The van der Waals surface area contributed by atoms with Crippen LogP contribution in [0.25, 0.3) is 0 Å². The van der Waals surface area contributed by atoms with Crippen LogP contribution in [0.1, 0.15) is 10.4 Å². The van der Waals surface area contributed by atoms with Crippen LogP contribution in [-0.4, -0.2) is 47.7 Å². The van der Waals surface area contributed by atoms with E-state index in [4.69, 9.17) is 43.8 Å². The summed E-state index contributed by atoms with van der Waals surface area (Å²) in [6, 6.07) is 7.99. The SMILES string of the molecule is CN(O[SH](=O)=O)c1ccc(N2CCOCC2)cc1C(=O)Nc1cc(Cl)c(Cl)c(Cl)c1. The normalized spacial score (nSPS) is 14.1. The molecular formula is C18H18Cl3N3O5S. The summed E-state index contributed by atoms with van der Waals surface area (Å²) < 4.78 is 32.1. The number of nitrogens with zero attached hydrogens (tertiary/aromatic N) is 2. The molecule has 1 aliphatic heterocycles. The second-order valence-corrected chi connectivity index (χ2v) is 8.11. The van der Waals surface area contributed by atoms with Crippen molar-refractivity contribution in [3.05, 3.63) is 51.0 Å². The topological polar surface area (TPSA) is 88.2 Å². The number of hydroxylamine groups is 1. The maximum Gasteiger partial charge on any atom is 0.277 e. The third-order valence-corrected chi connectivity index (χ3v) is 5.95. The number of nitrogens with one attached hydrogen (secondary N) is 1. The first-order valence-electron chi connectivity index (χ1n) is 8.75. The summed E-state index contributed by atoms with van der Waals surface area (Å²) in [5.74, 6) is -0.508. The number of rotatable bonds is 6. The minimum Gasteiger partial charge on any atom is -0.378 e. The Kier molecular flexibility index (Phi) is 7.67. The Morgan fingerprint density at radius 3 is 2.37 bits per heavy atom. The average Bonchev–Trinajstić information content (AvgIpc) is 2.71. The summed E-state index contributed by atoms with van der Waals surface area (Å²) in [6.45, 7) is 2.48. The van der Waals surface area contributed by atoms with E-state index in [0.717, 1.165) is 10.8 Å². The number of halogens is 3. The van der Waals surface area contributed by atoms with Gasteiger partial charge in [0.15, 0.2) is 0 Å². The van der Waals surface area contributed by atoms with E-state index in [0.29, 0.717) is 32.0 Å². The molecule has 0 atom stereocenters. The Morgan fingerprint density at radius 1 is 1.13 bits per heavy atom. The molecule has 0 aromatic heterocycles. The van der Waals surface area contributed by atoms with E-state index in [9.17, 15) is 13.2 Å². The molecule has 8 nitrogen and oxygen atoms in total. The first-order valence-corrected chi connectivity index (χ1v) is 11.0. The fraction of sp³-hybridized carbons (Fsp3) is 0.278. The number of hydrogen-bond acceptors (Lipinski definition) is 7. The Balaban J connectivity index is 1.96. The minimum absolute atomic E-state index is 0.179. The number of carbonyl (C=O) groups excluding carboxylic acids is 1. The van der Waals surface area contributed by atoms with Gasteiger partial charge in [-0.2, -0.15) is 4.28 Å². The fourth-order valence-electron chi connectivity index (χ4n) is 2.97. The van der Waals surface area contributed by atoms with E-state index in [1.165, 1.54) is 19.2 Å². The van der Waals surface area contributed by atoms with Crippen LogP contribution in [0.3, 0.4) is 0 Å². The predicted molar refractivity (Wildman–Crippen MR) is 119 cm³/mol. The van der Waals surface area contributed by atoms with Crippen molar-refractivity contribution in [3.63, 3.8) is 0 Å². The van der Waals surface area contributed by atoms with Crippen molar-refractivity contribution in [2.45, 2.75) is 0 Å². The molecule has 0 spiro atoms. The zero-order valence-electron chi connectivity index (χ0n) is 15.7. The first-order chi connectivity index (χ1) is 14.3. The van der Waals surface area contributed by atoms with E-state index in [1.807, 2.05) is 0 Å². The van der Waals surface area contributed by atoms with Gasteiger partial charge in [0.25, 0.3) is 16.9 Å². The Bertz CT molecular complexity index is 997. The summed E-state index contributed by atoms with van der Waals surface area (Å²) in [6.07, 6.45) is 0. The molecule has 0 saturated carbocycles. The zero-order valence-corrected chi connectivity index (χ0v) is 18.9. The van der Waals surface area contributed by atoms with E-state index in [-0.39, 0.29) is 26.3 Å². The molecule has 1 saturated heterocycles. The van der Waals surface area contributed by atoms with Crippen molar-refractivity contribution in [1.29, 1.82) is 0 Å². The van der Waals surface area contributed by atoms with Gasteiger partial charge < -0.3 is 15.0 Å². The maximum atomic E-state index is 13.1. The smallest absolute Gasteiger partial charge is 0.277 e. The molecule has 162 valence electrons. The van der Waals surface area contributed by atoms with Gasteiger partial charge in [0.1, 0.15) is 0 Å². The van der Waals surface area contributed by atoms with Crippen molar-refractivity contribution in [1.82, 2.24) is 0 Å². The van der Waals surface area contributed by atoms with Gasteiger partial charge >= 0.3 is 0 Å². The van der Waals surface area contributed by atoms with E-state index < -0.39 is 16.9 Å². The number of hydrogen-bond donors (Lipinski definition) is 2. The van der Waals surface area contributed by atoms with Crippen LogP contribution in [0.5, 0.6) is 0 Å². The highest BCUT2D eigenvalue weighted by Crippen LogP contribution is 2.34. The van der Waals surface area contributed by atoms with Crippen LogP contribution in [0.4, 0.5) is 17.1 Å². The van der Waals surface area contributed by atoms with Crippen LogP contribution in [0.2, 0.25) is 15.1 Å². The van der Waals surface area contributed by atoms with Crippen molar-refractivity contribution in [2.24, 2.45) is 0 Å². The lowest BCUT2D eigenvalue weighted by molar-refractivity contribution is 0.102. The van der Waals surface area contributed by atoms with E-state index >= 15 is 0 Å². The highest BCUT2D eigenvalue weighted by Gasteiger charge is 2.20. The molecular weight excluding hydrogens is 477 g/mol. The third kappa shape index (κ3) is 5.48. The molecule has 12 heteroatoms. The van der Waals surface area contributed by atoms with Gasteiger partial charge in [0, 0.05) is 31.5 Å². The van der Waals surface area contributed by atoms with Crippen LogP contribution in [0, 0.1) is 0 Å². The van der Waals surface area contributed by atoms with Gasteiger partial charge in [0.2, 0.25) is 0 Å². The van der Waals surface area contributed by atoms with Crippen LogP contribution >= 0.6 is 34.8 Å². The molecule has 2 aromatic rings. The average molecular weight is 495 g/mol. The Hall–Kier alpha value is -1.75. The number of morpholine rings is 1. The molecule has 1 amide bonds. The van der Waals surface area contributed by atoms with Crippen LogP contribution in [0.15, 0.2) is 30.3 Å². The second-order valence-electron chi connectivity index (χ2n) is 6.31. The number of anilines is 3. The number of amides is 1. The number of carbonyl (C=O) groups is 1. The summed E-state index contributed by atoms with van der Waals surface area (Å²) in [5, 5.41) is 4.26. The third-order valence-electron chi connectivity index (χ3n) is 4.37. The second kappa shape index (κ2) is 10.0. The largest absolute Gasteiger partial charge is 0.378 e. The molecule has 3 rings (SSSR count). The van der Waals surface area contributed by atoms with E-state index in [1.54, 1.807) is 18.2 Å². The first kappa shape index (κ1) is 22.9. The van der Waals surface area contributed by atoms with Crippen molar-refractivity contribution >= 4 is 68.8 Å². The maximum absolute atomic E-state index is 13.1. The lowest BCUT2D eigenvalue weighted by atomic mass is 10.1. The van der Waals surface area contributed by atoms with Crippen LogP contribution < -0.4 is 15.3 Å². The Labute approximate surface area is 190 Å². The molecule has 1 aliphatic rings. The lowest BCUT2D eigenvalue weighted by Gasteiger charge is -2.30. The van der Waals surface area contributed by atoms with Gasteiger partial charge in [-0.1, -0.05) is 34.8 Å². The number of benzene rings is 2. The van der Waals surface area contributed by atoms with Crippen LogP contribution in [-0.2, 0) is 20.0 Å². The molecule has 2 aromatic carbocycles. The molecule has 0 aliphatic carbocycles. The lowest BCUT2D eigenvalue weighted by Crippen LogP contribution is -2.36. The monoisotopic (exact) mass is 493 g/mol. The van der Waals surface area contributed by atoms with Gasteiger partial charge in [-0.25, -0.2) is 13.5 Å². The van der Waals surface area contributed by atoms with Gasteiger partial charge in [-0.3, -0.25) is 4.79 Å². The summed E-state index contributed by atoms with van der Waals surface area (Å²) in [4.78, 5) is 15.1. The molecule has 1 heterocycles. The Morgan fingerprint density at radius 2 is 1.77 bits per heavy atom. The molecule has 0 bridgehead atoms. The van der Waals surface area contributed by atoms with E-state index in [2.05, 4.69) is 10.2 Å². The van der Waals surface area contributed by atoms with Crippen molar-refractivity contribution < 1.29 is 22.2 Å². The number of ether oxygens (including phenoxy) is 1. The van der Waals surface area contributed by atoms with Gasteiger partial charge in [-0.15, -0.1) is 0 Å². The summed E-state index contributed by atoms with van der Waals surface area (Å²) in [5.41, 5.74) is 1.58. The highest BCUT2D eigenvalue weighted by atomic mass is 35.5. The summed E-state index contributed by atoms with van der Waals surface area (Å²) >= 11 is 18.0. The minimum atomic E-state index is -3.16. The highest BCUT2D eigenvalue weighted by molar-refractivity contribution is 7.67. The van der Waals surface area contributed by atoms with Gasteiger partial charge in [-0.05, 0) is 30.3 Å². The standard InChI is InChI=1S/C18H18Cl3N3O5S/c1-23(29-30(26)27)16-3-2-12(24-4-6-28-7-5-24)10-13(16)18(25)22-11-8-14(19)17(21)15(20)9-11/h2-3,8-10,30H,4-7H2,1H3,(H,22,25). The van der Waals surface area contributed by atoms with Crippen molar-refractivity contribution in [2.75, 3.05) is 48.6 Å². The molecule has 1 fully saturated rings. The molecule has 0 unspecified atom stereocenters. The quantitative estimate of drug-likeness (QED) is 0.360. The fourth-order valence-corrected chi connectivity index (χ4v) is 3.85. The zero-order chi connectivity index (χ0) is 21.8. The predicted octanol–water partition coefficient (Wildman–Crippen LogP) is 3.63. The van der Waals surface area contributed by atoms with Crippen molar-refractivity contribution in [3.8, 4) is 0 Å². The molecule has 30 heavy (non-hydrogen) atoms. The summed E-state index contributed by atoms with van der Waals surface area (Å²) in [7, 11) is -1.77. The molecule has 1 N–H and O–H groups in total.